The van der Waals surface area contributed by atoms with Gasteiger partial charge in [0.15, 0.2) is 0 Å². The van der Waals surface area contributed by atoms with Crippen LogP contribution < -0.4 is 4.74 Å². The molecule has 0 aliphatic rings. The molecule has 0 aliphatic heterocycles. The number of benzene rings is 3. The van der Waals surface area contributed by atoms with Gasteiger partial charge in [0.2, 0.25) is 0 Å². The lowest BCUT2D eigenvalue weighted by Gasteiger charge is -2.09. The van der Waals surface area contributed by atoms with Crippen LogP contribution in [0.4, 0.5) is 0 Å². The summed E-state index contributed by atoms with van der Waals surface area (Å²) in [6.07, 6.45) is 1.26. The number of hydrogen-bond acceptors (Lipinski definition) is 2. The zero-order valence-corrected chi connectivity index (χ0v) is 16.0. The molecule has 5 rings (SSSR count). The van der Waals surface area contributed by atoms with Crippen molar-refractivity contribution in [3.63, 3.8) is 0 Å². The minimum absolute atomic E-state index is 0.0718. The van der Waals surface area contributed by atoms with Crippen molar-refractivity contribution in [3.05, 3.63) is 95.0 Å². The Hall–Kier alpha value is -3.11. The Labute approximate surface area is 181 Å². The average molecular weight is 436 g/mol. The van der Waals surface area contributed by atoms with Gasteiger partial charge in [-0.3, -0.25) is 4.57 Å². The smallest absolute Gasteiger partial charge is 0.137 e. The van der Waals surface area contributed by atoms with Crippen LogP contribution in [0.15, 0.2) is 89.4 Å². The van der Waals surface area contributed by atoms with Crippen molar-refractivity contribution in [3.8, 4) is 17.3 Å². The number of para-hydroxylation sites is 1. The molecule has 0 bridgehead atoms. The van der Waals surface area contributed by atoms with Gasteiger partial charge in [0, 0.05) is 31.6 Å². The first kappa shape index (κ1) is 11.0. The molecule has 2 aromatic heterocycles. The topological polar surface area (TPSA) is 27.1 Å². The van der Waals surface area contributed by atoms with Crippen LogP contribution in [-0.2, 0) is 0 Å². The highest BCUT2D eigenvalue weighted by Crippen LogP contribution is 2.35. The molecule has 3 nitrogen and oxygen atoms in total. The molecule has 3 aromatic carbocycles. The van der Waals surface area contributed by atoms with E-state index >= 15 is 0 Å². The standard InChI is InChI=1S/C24H17BrN2O/c1-16-9-12-24(26-15-16)27-22-8-3-2-7-20(22)21-11-10-19(14-23(21)27)28-18-6-4-5-17(25)13-18/h2-15H,1H3/i1D3,2D,3D,7D,8D. The first-order chi connectivity index (χ1) is 16.6. The molecule has 2 heterocycles. The van der Waals surface area contributed by atoms with Crippen molar-refractivity contribution < 1.29 is 14.3 Å². The van der Waals surface area contributed by atoms with Crippen molar-refractivity contribution >= 4 is 37.7 Å². The Morgan fingerprint density at radius 3 is 2.68 bits per heavy atom. The number of ether oxygens (including phenoxy) is 1. The highest BCUT2D eigenvalue weighted by molar-refractivity contribution is 9.10. The van der Waals surface area contributed by atoms with E-state index in [1.54, 1.807) is 22.8 Å². The SMILES string of the molecule is [2H]c1c([2H])c([2H])c2c(c1[2H])c1ccc(Oc3cccc(Br)c3)cc1n2-c1ccc(C([2H])([2H])[2H])cn1. The molecule has 0 saturated heterocycles. The second kappa shape index (κ2) is 6.80. The molecule has 0 N–H and O–H groups in total. The highest BCUT2D eigenvalue weighted by atomic mass is 79.9. The van der Waals surface area contributed by atoms with Crippen LogP contribution in [0.2, 0.25) is 0 Å². The van der Waals surface area contributed by atoms with Crippen LogP contribution in [0.1, 0.15) is 15.2 Å². The van der Waals surface area contributed by atoms with Crippen LogP contribution in [0.3, 0.4) is 0 Å². The van der Waals surface area contributed by atoms with Crippen LogP contribution in [0.5, 0.6) is 11.5 Å². The zero-order valence-electron chi connectivity index (χ0n) is 21.5. The molecule has 0 saturated carbocycles. The highest BCUT2D eigenvalue weighted by Gasteiger charge is 2.13. The summed E-state index contributed by atoms with van der Waals surface area (Å²) in [7, 11) is 0. The Morgan fingerprint density at radius 2 is 1.86 bits per heavy atom. The molecular formula is C24H17BrN2O. The van der Waals surface area contributed by atoms with Gasteiger partial charge in [-0.05, 0) is 54.9 Å². The van der Waals surface area contributed by atoms with Crippen LogP contribution in [0.25, 0.3) is 27.6 Å². The van der Waals surface area contributed by atoms with E-state index in [0.29, 0.717) is 33.6 Å². The van der Waals surface area contributed by atoms with E-state index in [2.05, 4.69) is 20.9 Å². The molecule has 0 fully saturated rings. The van der Waals surface area contributed by atoms with Crippen LogP contribution in [-0.4, -0.2) is 9.55 Å². The summed E-state index contributed by atoms with van der Waals surface area (Å²) in [6.45, 7) is -2.32. The number of aryl methyl sites for hydroxylation is 1. The third kappa shape index (κ3) is 2.96. The van der Waals surface area contributed by atoms with E-state index in [1.165, 1.54) is 18.3 Å². The third-order valence-corrected chi connectivity index (χ3v) is 4.87. The van der Waals surface area contributed by atoms with Gasteiger partial charge in [-0.25, -0.2) is 4.98 Å². The summed E-state index contributed by atoms with van der Waals surface area (Å²) in [6, 6.07) is 14.5. The Kier molecular flexibility index (Phi) is 2.68. The predicted octanol–water partition coefficient (Wildman–Crippen LogP) is 7.04. The van der Waals surface area contributed by atoms with Gasteiger partial charge in [-0.2, -0.15) is 0 Å². The minimum atomic E-state index is -2.32. The van der Waals surface area contributed by atoms with E-state index < -0.39 is 6.85 Å². The number of aromatic nitrogens is 2. The number of pyridine rings is 1. The fourth-order valence-corrected chi connectivity index (χ4v) is 3.56. The molecule has 0 amide bonds. The van der Waals surface area contributed by atoms with Gasteiger partial charge < -0.3 is 4.74 Å². The van der Waals surface area contributed by atoms with Gasteiger partial charge >= 0.3 is 0 Å². The molecule has 0 atom stereocenters. The second-order valence-electron chi connectivity index (χ2n) is 6.20. The molecular weight excluding hydrogens is 412 g/mol. The normalized spacial score (nSPS) is 15.2. The van der Waals surface area contributed by atoms with Crippen molar-refractivity contribution in [2.24, 2.45) is 0 Å². The van der Waals surface area contributed by atoms with Crippen molar-refractivity contribution in [2.45, 2.75) is 6.85 Å². The Morgan fingerprint density at radius 1 is 0.964 bits per heavy atom. The summed E-state index contributed by atoms with van der Waals surface area (Å²) >= 11 is 3.42. The van der Waals surface area contributed by atoms with Gasteiger partial charge in [0.1, 0.15) is 17.3 Å². The summed E-state index contributed by atoms with van der Waals surface area (Å²) in [4.78, 5) is 4.34. The quantitative estimate of drug-likeness (QED) is 0.303. The first-order valence-electron chi connectivity index (χ1n) is 12.0. The fraction of sp³-hybridized carbons (Fsp3) is 0.0417. The maximum atomic E-state index is 8.58. The Bertz CT molecular complexity index is 1610. The number of fused-ring (bicyclic) bond motifs is 3. The van der Waals surface area contributed by atoms with E-state index in [0.717, 1.165) is 4.47 Å². The number of rotatable bonds is 3. The second-order valence-corrected chi connectivity index (χ2v) is 7.12. The molecule has 136 valence electrons. The molecule has 0 unspecified atom stereocenters. The van der Waals surface area contributed by atoms with E-state index in [9.17, 15) is 0 Å². The van der Waals surface area contributed by atoms with Crippen LogP contribution >= 0.6 is 15.9 Å². The summed E-state index contributed by atoms with van der Waals surface area (Å²) in [5.41, 5.74) is 0.871. The van der Waals surface area contributed by atoms with Crippen molar-refractivity contribution in [1.82, 2.24) is 9.55 Å². The molecule has 0 spiro atoms. The first-order valence-corrected chi connectivity index (χ1v) is 9.30. The lowest BCUT2D eigenvalue weighted by molar-refractivity contribution is 0.483. The van der Waals surface area contributed by atoms with E-state index in [4.69, 9.17) is 14.3 Å². The Balaban J connectivity index is 1.80. The number of hydrogen-bond donors (Lipinski definition) is 0. The molecule has 5 aromatic rings. The maximum Gasteiger partial charge on any atom is 0.137 e. The lowest BCUT2D eigenvalue weighted by Crippen LogP contribution is -1.97. The van der Waals surface area contributed by atoms with Crippen molar-refractivity contribution in [1.29, 1.82) is 0 Å². The summed E-state index contributed by atoms with van der Waals surface area (Å²) in [5, 5.41) is 0.942. The largest absolute Gasteiger partial charge is 0.457 e. The molecule has 28 heavy (non-hydrogen) atoms. The predicted molar refractivity (Wildman–Crippen MR) is 118 cm³/mol. The maximum absolute atomic E-state index is 8.58. The van der Waals surface area contributed by atoms with E-state index in [-0.39, 0.29) is 35.2 Å². The van der Waals surface area contributed by atoms with Gasteiger partial charge in [-0.1, -0.05) is 46.2 Å². The molecule has 0 aliphatic carbocycles. The third-order valence-electron chi connectivity index (χ3n) is 4.38. The van der Waals surface area contributed by atoms with Crippen molar-refractivity contribution in [2.75, 3.05) is 0 Å². The number of nitrogens with zero attached hydrogens (tertiary/aromatic N) is 2. The van der Waals surface area contributed by atoms with Gasteiger partial charge in [0.05, 0.1) is 16.5 Å². The summed E-state index contributed by atoms with van der Waals surface area (Å²) < 4.78 is 64.8. The monoisotopic (exact) mass is 435 g/mol. The fourth-order valence-electron chi connectivity index (χ4n) is 3.18. The lowest BCUT2D eigenvalue weighted by atomic mass is 10.1. The number of halogens is 1. The average Bonchev–Trinajstić information content (AvgIpc) is 3.15. The summed E-state index contributed by atoms with van der Waals surface area (Å²) in [5.74, 6) is 1.42. The van der Waals surface area contributed by atoms with Crippen LogP contribution in [0, 0.1) is 6.85 Å². The van der Waals surface area contributed by atoms with E-state index in [1.807, 2.05) is 24.3 Å². The molecule has 0 radical (unpaired) electrons. The van der Waals surface area contributed by atoms with Gasteiger partial charge in [0.25, 0.3) is 0 Å². The molecule has 4 heteroatoms. The minimum Gasteiger partial charge on any atom is -0.457 e. The van der Waals surface area contributed by atoms with Gasteiger partial charge in [-0.15, -0.1) is 0 Å². The zero-order chi connectivity index (χ0) is 25.1.